The van der Waals surface area contributed by atoms with Crippen LogP contribution in [-0.2, 0) is 11.2 Å². The van der Waals surface area contributed by atoms with Crippen LogP contribution in [-0.4, -0.2) is 23.7 Å². The summed E-state index contributed by atoms with van der Waals surface area (Å²) in [7, 11) is 0. The van der Waals surface area contributed by atoms with Gasteiger partial charge in [-0.25, -0.2) is 0 Å². The molecule has 0 aliphatic heterocycles. The van der Waals surface area contributed by atoms with Crippen molar-refractivity contribution in [2.45, 2.75) is 45.1 Å². The Morgan fingerprint density at radius 1 is 1.33 bits per heavy atom. The Bertz CT molecular complexity index is 579. The Hall–Kier alpha value is -1.39. The minimum absolute atomic E-state index is 0.111. The van der Waals surface area contributed by atoms with Crippen molar-refractivity contribution in [2.75, 3.05) is 6.61 Å². The maximum Gasteiger partial charge on any atom is 0.220 e. The second-order valence-corrected chi connectivity index (χ2v) is 6.36. The Kier molecular flexibility index (Phi) is 6.21. The van der Waals surface area contributed by atoms with Crippen LogP contribution < -0.4 is 5.32 Å². The van der Waals surface area contributed by atoms with E-state index in [9.17, 15) is 4.79 Å². The highest BCUT2D eigenvalue weighted by atomic mass is 32.1. The molecule has 0 fully saturated rings. The van der Waals surface area contributed by atoms with Crippen molar-refractivity contribution in [3.63, 3.8) is 0 Å². The highest BCUT2D eigenvalue weighted by Gasteiger charge is 2.08. The number of hydrogen-bond acceptors (Lipinski definition) is 3. The number of aliphatic hydroxyl groups is 1. The number of rotatable bonds is 8. The molecule has 4 heteroatoms. The topological polar surface area (TPSA) is 49.3 Å². The molecule has 1 unspecified atom stereocenters. The SMILES string of the molecule is CC(CCCO)NC(=O)CCCc1csc2ccccc12. The van der Waals surface area contributed by atoms with Crippen molar-refractivity contribution in [1.29, 1.82) is 0 Å². The Balaban J connectivity index is 1.75. The number of aliphatic hydroxyl groups excluding tert-OH is 1. The summed E-state index contributed by atoms with van der Waals surface area (Å²) in [5.74, 6) is 0.111. The van der Waals surface area contributed by atoms with Gasteiger partial charge in [0.05, 0.1) is 0 Å². The minimum Gasteiger partial charge on any atom is -0.396 e. The summed E-state index contributed by atoms with van der Waals surface area (Å²) in [5.41, 5.74) is 1.34. The van der Waals surface area contributed by atoms with Gasteiger partial charge >= 0.3 is 0 Å². The Morgan fingerprint density at radius 3 is 2.95 bits per heavy atom. The van der Waals surface area contributed by atoms with Crippen LogP contribution in [0.4, 0.5) is 0 Å². The predicted octanol–water partition coefficient (Wildman–Crippen LogP) is 3.50. The average Bonchev–Trinajstić information content (AvgIpc) is 2.88. The van der Waals surface area contributed by atoms with Gasteiger partial charge in [0, 0.05) is 23.8 Å². The zero-order valence-corrected chi connectivity index (χ0v) is 13.3. The summed E-state index contributed by atoms with van der Waals surface area (Å²) in [6, 6.07) is 8.56. The molecule has 3 nitrogen and oxygen atoms in total. The van der Waals surface area contributed by atoms with E-state index in [1.807, 2.05) is 6.92 Å². The summed E-state index contributed by atoms with van der Waals surface area (Å²) in [6.45, 7) is 2.17. The summed E-state index contributed by atoms with van der Waals surface area (Å²) >= 11 is 1.77. The molecule has 2 N–H and O–H groups in total. The first-order chi connectivity index (χ1) is 10.2. The number of hydrogen-bond donors (Lipinski definition) is 2. The fraction of sp³-hybridized carbons (Fsp3) is 0.471. The van der Waals surface area contributed by atoms with E-state index in [4.69, 9.17) is 5.11 Å². The zero-order chi connectivity index (χ0) is 15.1. The summed E-state index contributed by atoms with van der Waals surface area (Å²) < 4.78 is 1.31. The van der Waals surface area contributed by atoms with Crippen LogP contribution in [0.25, 0.3) is 10.1 Å². The quantitative estimate of drug-likeness (QED) is 0.784. The van der Waals surface area contributed by atoms with Gasteiger partial charge in [0.2, 0.25) is 5.91 Å². The van der Waals surface area contributed by atoms with Crippen molar-refractivity contribution in [2.24, 2.45) is 0 Å². The number of thiophene rings is 1. The van der Waals surface area contributed by atoms with Crippen LogP contribution in [0.1, 0.15) is 38.2 Å². The molecule has 0 bridgehead atoms. The fourth-order valence-electron chi connectivity index (χ4n) is 2.48. The van der Waals surface area contributed by atoms with Crippen LogP contribution in [0, 0.1) is 0 Å². The van der Waals surface area contributed by atoms with E-state index >= 15 is 0 Å². The molecule has 0 saturated heterocycles. The molecule has 1 atom stereocenters. The third kappa shape index (κ3) is 4.83. The lowest BCUT2D eigenvalue weighted by atomic mass is 10.1. The van der Waals surface area contributed by atoms with Gasteiger partial charge in [-0.05, 0) is 55.0 Å². The molecule has 0 aliphatic rings. The van der Waals surface area contributed by atoms with Crippen LogP contribution in [0.15, 0.2) is 29.6 Å². The fourth-order valence-corrected chi connectivity index (χ4v) is 3.48. The van der Waals surface area contributed by atoms with Gasteiger partial charge in [-0.15, -0.1) is 11.3 Å². The highest BCUT2D eigenvalue weighted by molar-refractivity contribution is 7.17. The van der Waals surface area contributed by atoms with Crippen molar-refractivity contribution >= 4 is 27.3 Å². The van der Waals surface area contributed by atoms with Gasteiger partial charge in [-0.3, -0.25) is 4.79 Å². The smallest absolute Gasteiger partial charge is 0.220 e. The first kappa shape index (κ1) is 16.0. The highest BCUT2D eigenvalue weighted by Crippen LogP contribution is 2.26. The minimum atomic E-state index is 0.111. The van der Waals surface area contributed by atoms with Gasteiger partial charge in [-0.1, -0.05) is 18.2 Å². The molecule has 0 aliphatic carbocycles. The Labute approximate surface area is 130 Å². The number of aryl methyl sites for hydroxylation is 1. The third-order valence-electron chi connectivity index (χ3n) is 3.61. The zero-order valence-electron chi connectivity index (χ0n) is 12.5. The maximum atomic E-state index is 11.8. The maximum absolute atomic E-state index is 11.8. The lowest BCUT2D eigenvalue weighted by molar-refractivity contribution is -0.121. The molecular formula is C17H23NO2S. The Morgan fingerprint density at radius 2 is 2.14 bits per heavy atom. The lowest BCUT2D eigenvalue weighted by Crippen LogP contribution is -2.32. The first-order valence-corrected chi connectivity index (χ1v) is 8.44. The van der Waals surface area contributed by atoms with E-state index < -0.39 is 0 Å². The molecule has 2 aromatic rings. The molecule has 0 radical (unpaired) electrons. The molecular weight excluding hydrogens is 282 g/mol. The molecule has 1 aromatic carbocycles. The molecule has 0 saturated carbocycles. The molecule has 2 rings (SSSR count). The van der Waals surface area contributed by atoms with Crippen molar-refractivity contribution in [3.8, 4) is 0 Å². The average molecular weight is 305 g/mol. The predicted molar refractivity (Wildman–Crippen MR) is 88.7 cm³/mol. The lowest BCUT2D eigenvalue weighted by Gasteiger charge is -2.12. The molecule has 114 valence electrons. The molecule has 1 aromatic heterocycles. The van der Waals surface area contributed by atoms with Crippen molar-refractivity contribution in [1.82, 2.24) is 5.32 Å². The third-order valence-corrected chi connectivity index (χ3v) is 4.63. The van der Waals surface area contributed by atoms with Crippen LogP contribution in [0.3, 0.4) is 0 Å². The standard InChI is InChI=1S/C17H23NO2S/c1-13(6-5-11-19)18-17(20)10-4-7-14-12-21-16-9-3-2-8-15(14)16/h2-3,8-9,12-13,19H,4-7,10-11H2,1H3,(H,18,20). The molecule has 21 heavy (non-hydrogen) atoms. The van der Waals surface area contributed by atoms with E-state index in [2.05, 4.69) is 35.0 Å². The van der Waals surface area contributed by atoms with E-state index in [1.54, 1.807) is 11.3 Å². The van der Waals surface area contributed by atoms with Crippen LogP contribution >= 0.6 is 11.3 Å². The van der Waals surface area contributed by atoms with E-state index in [-0.39, 0.29) is 18.6 Å². The van der Waals surface area contributed by atoms with Gasteiger partial charge in [0.1, 0.15) is 0 Å². The van der Waals surface area contributed by atoms with Gasteiger partial charge in [0.15, 0.2) is 0 Å². The number of fused-ring (bicyclic) bond motifs is 1. The molecule has 0 spiro atoms. The van der Waals surface area contributed by atoms with Gasteiger partial charge < -0.3 is 10.4 Å². The van der Waals surface area contributed by atoms with Gasteiger partial charge in [0.25, 0.3) is 0 Å². The number of amides is 1. The van der Waals surface area contributed by atoms with Gasteiger partial charge in [-0.2, -0.15) is 0 Å². The number of carbonyl (C=O) groups excluding carboxylic acids is 1. The van der Waals surface area contributed by atoms with Crippen LogP contribution in [0.5, 0.6) is 0 Å². The van der Waals surface area contributed by atoms with E-state index in [0.29, 0.717) is 6.42 Å². The summed E-state index contributed by atoms with van der Waals surface area (Å²) in [5, 5.41) is 15.3. The van der Waals surface area contributed by atoms with E-state index in [0.717, 1.165) is 25.7 Å². The monoisotopic (exact) mass is 305 g/mol. The second-order valence-electron chi connectivity index (χ2n) is 5.45. The summed E-state index contributed by atoms with van der Waals surface area (Å²) in [6.07, 6.45) is 3.95. The summed E-state index contributed by atoms with van der Waals surface area (Å²) in [4.78, 5) is 11.8. The normalized spacial score (nSPS) is 12.5. The number of benzene rings is 1. The number of carbonyl (C=O) groups is 1. The van der Waals surface area contributed by atoms with Crippen molar-refractivity contribution in [3.05, 3.63) is 35.2 Å². The second kappa shape index (κ2) is 8.15. The largest absolute Gasteiger partial charge is 0.396 e. The number of nitrogens with one attached hydrogen (secondary N) is 1. The van der Waals surface area contributed by atoms with Crippen LogP contribution in [0.2, 0.25) is 0 Å². The molecule has 1 amide bonds. The van der Waals surface area contributed by atoms with Crippen molar-refractivity contribution < 1.29 is 9.90 Å². The van der Waals surface area contributed by atoms with E-state index in [1.165, 1.54) is 15.6 Å². The first-order valence-electron chi connectivity index (χ1n) is 7.56. The molecule has 1 heterocycles.